The molecule has 0 aliphatic carbocycles. The van der Waals surface area contributed by atoms with E-state index in [1.807, 2.05) is 26.0 Å². The molecule has 1 aromatic heterocycles. The van der Waals surface area contributed by atoms with E-state index in [1.165, 1.54) is 0 Å². The fourth-order valence-corrected chi connectivity index (χ4v) is 3.00. The highest BCUT2D eigenvalue weighted by atomic mass is 16.5. The van der Waals surface area contributed by atoms with E-state index in [-0.39, 0.29) is 11.6 Å². The highest BCUT2D eigenvalue weighted by Gasteiger charge is 2.34. The quantitative estimate of drug-likeness (QED) is 0.673. The Bertz CT molecular complexity index is 837. The SMILES string of the molecule is COCCn1c(C)cc(/C=C2\NC(=O)N(c3ccccc3)C2=O)c1C. The summed E-state index contributed by atoms with van der Waals surface area (Å²) in [5.41, 5.74) is 3.85. The molecule has 0 radical (unpaired) electrons. The summed E-state index contributed by atoms with van der Waals surface area (Å²) in [5.74, 6) is -0.349. The Morgan fingerprint density at radius 3 is 2.56 bits per heavy atom. The minimum atomic E-state index is -0.435. The number of hydrogen-bond donors (Lipinski definition) is 1. The molecule has 1 fully saturated rings. The van der Waals surface area contributed by atoms with Gasteiger partial charge in [0, 0.05) is 25.0 Å². The number of anilines is 1. The zero-order valence-corrected chi connectivity index (χ0v) is 14.6. The zero-order chi connectivity index (χ0) is 18.0. The molecule has 2 aromatic rings. The minimum Gasteiger partial charge on any atom is -0.383 e. The van der Waals surface area contributed by atoms with Gasteiger partial charge in [0.25, 0.3) is 5.91 Å². The Kier molecular flexibility index (Phi) is 4.72. The number of nitrogens with zero attached hydrogens (tertiary/aromatic N) is 2. The van der Waals surface area contributed by atoms with Gasteiger partial charge in [-0.15, -0.1) is 0 Å². The maximum Gasteiger partial charge on any atom is 0.333 e. The fraction of sp³-hybridized carbons (Fsp3) is 0.263. The molecule has 0 unspecified atom stereocenters. The van der Waals surface area contributed by atoms with Gasteiger partial charge in [-0.1, -0.05) is 18.2 Å². The summed E-state index contributed by atoms with van der Waals surface area (Å²) < 4.78 is 7.27. The van der Waals surface area contributed by atoms with Gasteiger partial charge in [-0.2, -0.15) is 0 Å². The monoisotopic (exact) mass is 339 g/mol. The van der Waals surface area contributed by atoms with Crippen LogP contribution >= 0.6 is 0 Å². The second kappa shape index (κ2) is 6.94. The average molecular weight is 339 g/mol. The molecule has 0 atom stereocenters. The van der Waals surface area contributed by atoms with Crippen LogP contribution in [0.1, 0.15) is 17.0 Å². The first kappa shape index (κ1) is 17.0. The van der Waals surface area contributed by atoms with Crippen LogP contribution in [0.15, 0.2) is 42.1 Å². The molecule has 1 aliphatic heterocycles. The molecule has 2 heterocycles. The van der Waals surface area contributed by atoms with E-state index in [1.54, 1.807) is 37.5 Å². The van der Waals surface area contributed by atoms with Crippen LogP contribution < -0.4 is 10.2 Å². The van der Waals surface area contributed by atoms with Gasteiger partial charge in [-0.05, 0) is 43.7 Å². The van der Waals surface area contributed by atoms with Gasteiger partial charge < -0.3 is 14.6 Å². The normalized spacial score (nSPS) is 16.0. The van der Waals surface area contributed by atoms with Gasteiger partial charge >= 0.3 is 6.03 Å². The highest BCUT2D eigenvalue weighted by Crippen LogP contribution is 2.24. The van der Waals surface area contributed by atoms with Crippen LogP contribution in [-0.2, 0) is 16.1 Å². The second-order valence-electron chi connectivity index (χ2n) is 5.94. The maximum absolute atomic E-state index is 12.6. The van der Waals surface area contributed by atoms with Crippen molar-refractivity contribution in [2.45, 2.75) is 20.4 Å². The summed E-state index contributed by atoms with van der Waals surface area (Å²) >= 11 is 0. The van der Waals surface area contributed by atoms with Crippen LogP contribution in [0.3, 0.4) is 0 Å². The van der Waals surface area contributed by atoms with Crippen molar-refractivity contribution in [1.82, 2.24) is 9.88 Å². The predicted molar refractivity (Wildman–Crippen MR) is 96.2 cm³/mol. The van der Waals surface area contributed by atoms with Crippen LogP contribution in [0, 0.1) is 13.8 Å². The molecule has 1 saturated heterocycles. The molecule has 1 aliphatic rings. The van der Waals surface area contributed by atoms with E-state index in [2.05, 4.69) is 9.88 Å². The summed E-state index contributed by atoms with van der Waals surface area (Å²) in [5, 5.41) is 2.66. The number of hydrogen-bond acceptors (Lipinski definition) is 3. The molecule has 6 nitrogen and oxygen atoms in total. The van der Waals surface area contributed by atoms with E-state index < -0.39 is 6.03 Å². The maximum atomic E-state index is 12.6. The molecule has 6 heteroatoms. The van der Waals surface area contributed by atoms with Crippen LogP contribution in [-0.4, -0.2) is 30.2 Å². The van der Waals surface area contributed by atoms with Crippen molar-refractivity contribution >= 4 is 23.7 Å². The van der Waals surface area contributed by atoms with Gasteiger partial charge in [-0.3, -0.25) is 4.79 Å². The molecule has 1 N–H and O–H groups in total. The number of para-hydroxylation sites is 1. The van der Waals surface area contributed by atoms with Gasteiger partial charge in [0.15, 0.2) is 0 Å². The van der Waals surface area contributed by atoms with Crippen molar-refractivity contribution in [1.29, 1.82) is 0 Å². The topological polar surface area (TPSA) is 63.6 Å². The number of aromatic nitrogens is 1. The van der Waals surface area contributed by atoms with Gasteiger partial charge in [0.1, 0.15) is 5.70 Å². The molecule has 3 amide bonds. The second-order valence-corrected chi connectivity index (χ2v) is 5.94. The molecule has 25 heavy (non-hydrogen) atoms. The Labute approximate surface area is 146 Å². The number of rotatable bonds is 5. The third-order valence-electron chi connectivity index (χ3n) is 4.32. The zero-order valence-electron chi connectivity index (χ0n) is 14.6. The number of benzene rings is 1. The number of carbonyl (C=O) groups is 2. The average Bonchev–Trinajstić information content (AvgIpc) is 3.03. The summed E-state index contributed by atoms with van der Waals surface area (Å²) in [6.07, 6.45) is 1.73. The first-order valence-corrected chi connectivity index (χ1v) is 8.10. The van der Waals surface area contributed by atoms with Crippen molar-refractivity contribution < 1.29 is 14.3 Å². The third-order valence-corrected chi connectivity index (χ3v) is 4.32. The standard InChI is InChI=1S/C19H21N3O3/c1-13-11-15(14(2)21(13)9-10-25-3)12-17-18(23)22(19(24)20-17)16-7-5-4-6-8-16/h4-8,11-12H,9-10H2,1-3H3,(H,20,24)/b17-12-. The van der Waals surface area contributed by atoms with Crippen molar-refractivity contribution in [2.75, 3.05) is 18.6 Å². The molecule has 130 valence electrons. The lowest BCUT2D eigenvalue weighted by molar-refractivity contribution is -0.113. The fourth-order valence-electron chi connectivity index (χ4n) is 3.00. The van der Waals surface area contributed by atoms with Crippen molar-refractivity contribution in [3.8, 4) is 0 Å². The summed E-state index contributed by atoms with van der Waals surface area (Å²) in [4.78, 5) is 26.0. The van der Waals surface area contributed by atoms with Gasteiger partial charge in [-0.25, -0.2) is 9.69 Å². The number of urea groups is 1. The number of nitrogens with one attached hydrogen (secondary N) is 1. The lowest BCUT2D eigenvalue weighted by atomic mass is 10.2. The first-order valence-electron chi connectivity index (χ1n) is 8.10. The number of methoxy groups -OCH3 is 1. The van der Waals surface area contributed by atoms with Gasteiger partial charge in [0.05, 0.1) is 12.3 Å². The van der Waals surface area contributed by atoms with Crippen LogP contribution in [0.4, 0.5) is 10.5 Å². The Morgan fingerprint density at radius 2 is 1.88 bits per heavy atom. The largest absolute Gasteiger partial charge is 0.383 e. The summed E-state index contributed by atoms with van der Waals surface area (Å²) in [6.45, 7) is 5.36. The van der Waals surface area contributed by atoms with Crippen LogP contribution in [0.25, 0.3) is 6.08 Å². The number of aryl methyl sites for hydroxylation is 1. The predicted octanol–water partition coefficient (Wildman–Crippen LogP) is 2.85. The van der Waals surface area contributed by atoms with Crippen molar-refractivity contribution in [3.63, 3.8) is 0 Å². The van der Waals surface area contributed by atoms with Crippen LogP contribution in [0.2, 0.25) is 0 Å². The van der Waals surface area contributed by atoms with E-state index in [9.17, 15) is 9.59 Å². The van der Waals surface area contributed by atoms with Crippen LogP contribution in [0.5, 0.6) is 0 Å². The smallest absolute Gasteiger partial charge is 0.333 e. The van der Waals surface area contributed by atoms with E-state index in [0.717, 1.165) is 28.4 Å². The summed E-state index contributed by atoms with van der Waals surface area (Å²) in [6, 6.07) is 10.5. The van der Waals surface area contributed by atoms with E-state index in [0.29, 0.717) is 12.3 Å². The molecule has 0 bridgehead atoms. The number of carbonyl (C=O) groups excluding carboxylic acids is 2. The third kappa shape index (κ3) is 3.21. The van der Waals surface area contributed by atoms with E-state index in [4.69, 9.17) is 4.74 Å². The van der Waals surface area contributed by atoms with Gasteiger partial charge in [0.2, 0.25) is 0 Å². The van der Waals surface area contributed by atoms with Crippen molar-refractivity contribution in [2.24, 2.45) is 0 Å². The Hall–Kier alpha value is -2.86. The Balaban J connectivity index is 1.90. The number of amides is 3. The first-order chi connectivity index (χ1) is 12.0. The number of imide groups is 1. The Morgan fingerprint density at radius 1 is 1.16 bits per heavy atom. The minimum absolute atomic E-state index is 0.279. The molecule has 0 saturated carbocycles. The lowest BCUT2D eigenvalue weighted by Gasteiger charge is -2.10. The van der Waals surface area contributed by atoms with Crippen molar-refractivity contribution in [3.05, 3.63) is 59.0 Å². The molecule has 1 aromatic carbocycles. The summed E-state index contributed by atoms with van der Waals surface area (Å²) in [7, 11) is 1.67. The molecule has 3 rings (SSSR count). The molecular weight excluding hydrogens is 318 g/mol. The van der Waals surface area contributed by atoms with E-state index >= 15 is 0 Å². The molecule has 0 spiro atoms. The highest BCUT2D eigenvalue weighted by molar-refractivity contribution is 6.28. The molecular formula is C19H21N3O3. The lowest BCUT2D eigenvalue weighted by Crippen LogP contribution is -2.30. The number of ether oxygens (including phenoxy) is 1.